The van der Waals surface area contributed by atoms with Crippen molar-refractivity contribution in [2.24, 2.45) is 17.3 Å². The molecular weight excluding hydrogens is 506 g/mol. The molecule has 0 radical (unpaired) electrons. The molecule has 1 amide bonds. The van der Waals surface area contributed by atoms with E-state index < -0.39 is 29.1 Å². The summed E-state index contributed by atoms with van der Waals surface area (Å²) in [5.41, 5.74) is 1.25. The Kier molecular flexibility index (Phi) is 10.0. The highest BCUT2D eigenvalue weighted by atomic mass is 16.6. The number of carbonyl (C=O) groups is 3. The van der Waals surface area contributed by atoms with E-state index in [4.69, 9.17) is 14.2 Å². The van der Waals surface area contributed by atoms with E-state index in [0.29, 0.717) is 24.9 Å². The quantitative estimate of drug-likeness (QED) is 0.350. The van der Waals surface area contributed by atoms with Gasteiger partial charge in [-0.2, -0.15) is 0 Å². The first-order valence-electron chi connectivity index (χ1n) is 14.9. The Bertz CT molecular complexity index is 1020. The van der Waals surface area contributed by atoms with Crippen LogP contribution in [-0.2, 0) is 36.8 Å². The van der Waals surface area contributed by atoms with Crippen molar-refractivity contribution in [2.75, 3.05) is 6.54 Å². The SMILES string of the molecule is CC(C)(C)OC(=O)CC(CC(=O)OC(C)(C)C)C(=O)N1CCc2cc(OC3CCC(C(C)(C)C)CC3)ccc2C1. The molecule has 1 fully saturated rings. The van der Waals surface area contributed by atoms with Gasteiger partial charge in [-0.15, -0.1) is 0 Å². The van der Waals surface area contributed by atoms with Crippen molar-refractivity contribution in [3.63, 3.8) is 0 Å². The molecule has 1 aliphatic heterocycles. The van der Waals surface area contributed by atoms with Crippen LogP contribution in [0, 0.1) is 17.3 Å². The minimum atomic E-state index is -0.836. The van der Waals surface area contributed by atoms with Crippen molar-refractivity contribution < 1.29 is 28.6 Å². The highest BCUT2D eigenvalue weighted by Crippen LogP contribution is 2.39. The molecular formula is C33H51NO6. The molecule has 7 nitrogen and oxygen atoms in total. The number of hydrogen-bond acceptors (Lipinski definition) is 6. The van der Waals surface area contributed by atoms with E-state index in [2.05, 4.69) is 26.8 Å². The summed E-state index contributed by atoms with van der Waals surface area (Å²) >= 11 is 0. The lowest BCUT2D eigenvalue weighted by atomic mass is 9.72. The number of ether oxygens (including phenoxy) is 3. The van der Waals surface area contributed by atoms with Crippen LogP contribution in [0.25, 0.3) is 0 Å². The first kappa shape index (κ1) is 32.0. The zero-order valence-electron chi connectivity index (χ0n) is 26.2. The topological polar surface area (TPSA) is 82.1 Å². The van der Waals surface area contributed by atoms with Gasteiger partial charge in [-0.1, -0.05) is 26.8 Å². The molecule has 1 saturated carbocycles. The van der Waals surface area contributed by atoms with Crippen LogP contribution in [0.15, 0.2) is 18.2 Å². The van der Waals surface area contributed by atoms with Crippen molar-refractivity contribution in [3.8, 4) is 5.75 Å². The van der Waals surface area contributed by atoms with Gasteiger partial charge in [-0.05, 0) is 108 Å². The molecule has 7 heteroatoms. The predicted octanol–water partition coefficient (Wildman–Crippen LogP) is 6.63. The highest BCUT2D eigenvalue weighted by Gasteiger charge is 2.34. The third kappa shape index (κ3) is 9.81. The summed E-state index contributed by atoms with van der Waals surface area (Å²) in [6.45, 7) is 18.6. The number of benzene rings is 1. The number of nitrogens with zero attached hydrogens (tertiary/aromatic N) is 1. The molecule has 0 unspecified atom stereocenters. The van der Waals surface area contributed by atoms with E-state index in [1.807, 2.05) is 12.1 Å². The molecule has 1 aliphatic carbocycles. The second-order valence-corrected chi connectivity index (χ2v) is 14.7. The van der Waals surface area contributed by atoms with Crippen LogP contribution in [0.5, 0.6) is 5.75 Å². The zero-order valence-corrected chi connectivity index (χ0v) is 26.2. The highest BCUT2D eigenvalue weighted by molar-refractivity contribution is 5.88. The number of hydrogen-bond donors (Lipinski definition) is 0. The summed E-state index contributed by atoms with van der Waals surface area (Å²) in [6, 6.07) is 6.16. The Balaban J connectivity index is 1.65. The Morgan fingerprint density at radius 1 is 0.825 bits per heavy atom. The molecule has 0 saturated heterocycles. The molecule has 0 bridgehead atoms. The number of amides is 1. The smallest absolute Gasteiger partial charge is 0.307 e. The number of fused-ring (bicyclic) bond motifs is 1. The van der Waals surface area contributed by atoms with Crippen LogP contribution in [-0.4, -0.2) is 46.6 Å². The van der Waals surface area contributed by atoms with Gasteiger partial charge in [0.2, 0.25) is 5.91 Å². The molecule has 2 aliphatic rings. The fourth-order valence-electron chi connectivity index (χ4n) is 5.70. The van der Waals surface area contributed by atoms with Gasteiger partial charge in [-0.3, -0.25) is 14.4 Å². The lowest BCUT2D eigenvalue weighted by Crippen LogP contribution is -2.42. The van der Waals surface area contributed by atoms with Gasteiger partial charge in [0.05, 0.1) is 24.9 Å². The Morgan fingerprint density at radius 3 is 1.88 bits per heavy atom. The molecule has 1 heterocycles. The first-order valence-corrected chi connectivity index (χ1v) is 14.9. The second kappa shape index (κ2) is 12.5. The molecule has 3 rings (SSSR count). The molecule has 0 aromatic heterocycles. The van der Waals surface area contributed by atoms with E-state index in [-0.39, 0.29) is 24.9 Å². The van der Waals surface area contributed by atoms with Crippen LogP contribution in [0.3, 0.4) is 0 Å². The van der Waals surface area contributed by atoms with Gasteiger partial charge in [0.15, 0.2) is 0 Å². The van der Waals surface area contributed by atoms with Crippen LogP contribution in [0.4, 0.5) is 0 Å². The van der Waals surface area contributed by atoms with Gasteiger partial charge < -0.3 is 19.1 Å². The fourth-order valence-corrected chi connectivity index (χ4v) is 5.70. The predicted molar refractivity (Wildman–Crippen MR) is 156 cm³/mol. The summed E-state index contributed by atoms with van der Waals surface area (Å²) in [5.74, 6) is -0.412. The van der Waals surface area contributed by atoms with E-state index in [9.17, 15) is 14.4 Å². The van der Waals surface area contributed by atoms with Crippen LogP contribution in [0.1, 0.15) is 112 Å². The largest absolute Gasteiger partial charge is 0.490 e. The standard InChI is InChI=1S/C33H51NO6/c1-31(2,3)25-11-14-26(15-12-25)38-27-13-10-23-21-34(17-16-22(23)18-27)30(37)24(19-28(35)39-32(4,5)6)20-29(36)40-33(7,8)9/h10,13,18,24-26H,11-12,14-17,19-21H2,1-9H3. The Hall–Kier alpha value is -2.57. The lowest BCUT2D eigenvalue weighted by Gasteiger charge is -2.37. The van der Waals surface area contributed by atoms with Crippen molar-refractivity contribution >= 4 is 17.8 Å². The van der Waals surface area contributed by atoms with E-state index in [1.54, 1.807) is 46.4 Å². The Labute approximate surface area is 241 Å². The fraction of sp³-hybridized carbons (Fsp3) is 0.727. The second-order valence-electron chi connectivity index (χ2n) is 14.7. The number of rotatable bonds is 7. The summed E-state index contributed by atoms with van der Waals surface area (Å²) in [6.07, 6.45) is 5.18. The molecule has 1 aromatic carbocycles. The van der Waals surface area contributed by atoms with Gasteiger partial charge in [0.25, 0.3) is 0 Å². The maximum Gasteiger partial charge on any atom is 0.307 e. The average Bonchev–Trinajstić information content (AvgIpc) is 2.80. The summed E-state index contributed by atoms with van der Waals surface area (Å²) in [4.78, 5) is 40.6. The molecule has 40 heavy (non-hydrogen) atoms. The first-order chi connectivity index (χ1) is 18.4. The summed E-state index contributed by atoms with van der Waals surface area (Å²) in [5, 5.41) is 0. The van der Waals surface area contributed by atoms with Crippen LogP contribution >= 0.6 is 0 Å². The maximum absolute atomic E-state index is 13.6. The normalized spacial score (nSPS) is 20.1. The number of esters is 2. The van der Waals surface area contributed by atoms with Gasteiger partial charge >= 0.3 is 11.9 Å². The summed E-state index contributed by atoms with van der Waals surface area (Å²) in [7, 11) is 0. The summed E-state index contributed by atoms with van der Waals surface area (Å²) < 4.78 is 17.3. The third-order valence-corrected chi connectivity index (χ3v) is 7.72. The Morgan fingerprint density at radius 2 is 1.38 bits per heavy atom. The molecule has 1 aromatic rings. The number of carbonyl (C=O) groups excluding carboxylic acids is 3. The van der Waals surface area contributed by atoms with Crippen LogP contribution < -0.4 is 4.74 Å². The average molecular weight is 558 g/mol. The lowest BCUT2D eigenvalue weighted by molar-refractivity contribution is -0.162. The van der Waals surface area contributed by atoms with Crippen molar-refractivity contribution in [2.45, 2.75) is 131 Å². The third-order valence-electron chi connectivity index (χ3n) is 7.72. The monoisotopic (exact) mass is 557 g/mol. The molecule has 0 atom stereocenters. The van der Waals surface area contributed by atoms with Crippen molar-refractivity contribution in [1.82, 2.24) is 4.90 Å². The minimum Gasteiger partial charge on any atom is -0.490 e. The minimum absolute atomic E-state index is 0.164. The van der Waals surface area contributed by atoms with Gasteiger partial charge in [0.1, 0.15) is 17.0 Å². The van der Waals surface area contributed by atoms with E-state index in [1.165, 1.54) is 18.4 Å². The molecule has 0 spiro atoms. The van der Waals surface area contributed by atoms with Gasteiger partial charge in [-0.25, -0.2) is 0 Å². The van der Waals surface area contributed by atoms with E-state index in [0.717, 1.165) is 30.1 Å². The van der Waals surface area contributed by atoms with Crippen LogP contribution in [0.2, 0.25) is 0 Å². The van der Waals surface area contributed by atoms with Crippen molar-refractivity contribution in [1.29, 1.82) is 0 Å². The molecule has 224 valence electrons. The molecule has 0 N–H and O–H groups in total. The van der Waals surface area contributed by atoms with E-state index >= 15 is 0 Å². The zero-order chi connectivity index (χ0) is 29.9. The van der Waals surface area contributed by atoms with Gasteiger partial charge in [0, 0.05) is 13.1 Å². The van der Waals surface area contributed by atoms with Crippen molar-refractivity contribution in [3.05, 3.63) is 29.3 Å². The maximum atomic E-state index is 13.6.